The molecule has 0 spiro atoms. The minimum atomic E-state index is -4.35. The molecule has 1 amide bonds. The Morgan fingerprint density at radius 3 is 2.68 bits per heavy atom. The van der Waals surface area contributed by atoms with Crippen LogP contribution in [0, 0.1) is 11.8 Å². The number of nitrogens with zero attached hydrogens (tertiary/aromatic N) is 1. The first-order chi connectivity index (χ1) is 18.2. The van der Waals surface area contributed by atoms with Crippen LogP contribution < -0.4 is 15.4 Å². The Kier molecular flexibility index (Phi) is 9.13. The summed E-state index contributed by atoms with van der Waals surface area (Å²) in [5.74, 6) is 6.48. The number of piperidine rings is 1. The average molecular weight is 562 g/mol. The number of ether oxygens (including phenoxy) is 1. The van der Waals surface area contributed by atoms with Crippen molar-refractivity contribution in [1.82, 2.24) is 10.2 Å². The zero-order valence-corrected chi connectivity index (χ0v) is 23.1. The Morgan fingerprint density at radius 2 is 2.00 bits per heavy atom. The summed E-state index contributed by atoms with van der Waals surface area (Å²) in [6, 6.07) is 9.20. The van der Waals surface area contributed by atoms with Gasteiger partial charge in [-0.1, -0.05) is 11.8 Å². The van der Waals surface area contributed by atoms with E-state index in [0.29, 0.717) is 33.5 Å². The zero-order valence-electron chi connectivity index (χ0n) is 21.5. The Hall–Kier alpha value is -2.87. The number of fused-ring (bicyclic) bond motifs is 1. The van der Waals surface area contributed by atoms with Crippen LogP contribution in [0.2, 0.25) is 0 Å². The van der Waals surface area contributed by atoms with Gasteiger partial charge in [0.25, 0.3) is 5.91 Å². The van der Waals surface area contributed by atoms with E-state index < -0.39 is 12.6 Å². The predicted octanol–water partition coefficient (Wildman–Crippen LogP) is 6.02. The number of likely N-dealkylation sites (tertiary alicyclic amines) is 1. The van der Waals surface area contributed by atoms with E-state index in [1.165, 1.54) is 16.7 Å². The number of carbonyl (C=O) groups is 1. The zero-order chi connectivity index (χ0) is 27.3. The van der Waals surface area contributed by atoms with Crippen molar-refractivity contribution < 1.29 is 22.7 Å². The van der Waals surface area contributed by atoms with Gasteiger partial charge in [0.05, 0.1) is 31.3 Å². The molecule has 10 heteroatoms. The highest BCUT2D eigenvalue weighted by Gasteiger charge is 2.30. The Labute approximate surface area is 229 Å². The van der Waals surface area contributed by atoms with E-state index in [0.717, 1.165) is 36.5 Å². The predicted molar refractivity (Wildman–Crippen MR) is 150 cm³/mol. The fourth-order valence-electron chi connectivity index (χ4n) is 4.43. The maximum absolute atomic E-state index is 13.3. The van der Waals surface area contributed by atoms with E-state index in [4.69, 9.17) is 4.74 Å². The largest absolute Gasteiger partial charge is 0.495 e. The lowest BCUT2D eigenvalue weighted by Gasteiger charge is -2.29. The number of thiophene rings is 1. The van der Waals surface area contributed by atoms with Crippen LogP contribution in [-0.2, 0) is 6.42 Å². The normalized spacial score (nSPS) is 14.7. The summed E-state index contributed by atoms with van der Waals surface area (Å²) in [5, 5.41) is 8.22. The van der Waals surface area contributed by atoms with Crippen molar-refractivity contribution >= 4 is 44.8 Å². The standard InChI is InChI=1S/C28H30F3N3O2S2/c1-34-11-8-20(9-12-34)33-27(35)23-14-18(13-22-19(16-28(29,30)31)17-38-26(22)23)5-4-10-32-24-7-6-21(37-3)15-25(24)36-2/h6-7,13-15,17,20,32H,8-12,16H2,1-3H3,(H,33,35). The van der Waals surface area contributed by atoms with Gasteiger partial charge >= 0.3 is 6.18 Å². The molecule has 2 N–H and O–H groups in total. The van der Waals surface area contributed by atoms with Crippen molar-refractivity contribution in [2.24, 2.45) is 0 Å². The van der Waals surface area contributed by atoms with E-state index in [1.54, 1.807) is 31.0 Å². The second-order valence-electron chi connectivity index (χ2n) is 9.23. The van der Waals surface area contributed by atoms with Crippen LogP contribution in [0.4, 0.5) is 18.9 Å². The molecule has 0 radical (unpaired) electrons. The number of hydrogen-bond acceptors (Lipinski definition) is 6. The number of thioether (sulfide) groups is 1. The molecule has 5 nitrogen and oxygen atoms in total. The number of hydrogen-bond donors (Lipinski definition) is 2. The van der Waals surface area contributed by atoms with Crippen molar-refractivity contribution in [1.29, 1.82) is 0 Å². The highest BCUT2D eigenvalue weighted by Crippen LogP contribution is 2.34. The Morgan fingerprint density at radius 1 is 1.24 bits per heavy atom. The lowest BCUT2D eigenvalue weighted by atomic mass is 10.0. The number of alkyl halides is 3. The number of amides is 1. The van der Waals surface area contributed by atoms with Crippen LogP contribution in [0.1, 0.15) is 34.3 Å². The van der Waals surface area contributed by atoms with Gasteiger partial charge in [0.15, 0.2) is 0 Å². The number of nitrogens with one attached hydrogen (secondary N) is 2. The molecule has 2 aromatic carbocycles. The SMILES string of the molecule is COc1cc(SC)ccc1NCC#Cc1cc(C(=O)NC2CCN(C)CC2)c2scc(CC(F)(F)F)c2c1. The van der Waals surface area contributed by atoms with Crippen molar-refractivity contribution in [3.8, 4) is 17.6 Å². The van der Waals surface area contributed by atoms with E-state index in [2.05, 4.69) is 27.4 Å². The summed E-state index contributed by atoms with van der Waals surface area (Å²) in [6.45, 7) is 2.07. The molecule has 0 aliphatic carbocycles. The summed E-state index contributed by atoms with van der Waals surface area (Å²) in [6.07, 6.45) is -1.74. The van der Waals surface area contributed by atoms with Crippen LogP contribution in [0.25, 0.3) is 10.1 Å². The minimum Gasteiger partial charge on any atom is -0.495 e. The van der Waals surface area contributed by atoms with E-state index in [1.807, 2.05) is 31.5 Å². The number of methoxy groups -OCH3 is 1. The third-order valence-corrected chi connectivity index (χ3v) is 8.26. The lowest BCUT2D eigenvalue weighted by molar-refractivity contribution is -0.126. The maximum atomic E-state index is 13.3. The number of halogens is 3. The molecule has 1 aliphatic rings. The molecule has 0 atom stereocenters. The number of rotatable bonds is 7. The lowest BCUT2D eigenvalue weighted by Crippen LogP contribution is -2.43. The van der Waals surface area contributed by atoms with Crippen molar-refractivity contribution in [3.63, 3.8) is 0 Å². The molecule has 1 aromatic heterocycles. The molecular weight excluding hydrogens is 531 g/mol. The first kappa shape index (κ1) is 28.1. The van der Waals surface area contributed by atoms with Crippen LogP contribution in [-0.4, -0.2) is 63.1 Å². The maximum Gasteiger partial charge on any atom is 0.393 e. The minimum absolute atomic E-state index is 0.0368. The first-order valence-electron chi connectivity index (χ1n) is 12.2. The number of carbonyl (C=O) groups excluding carboxylic acids is 1. The molecule has 4 rings (SSSR count). The third kappa shape index (κ3) is 7.16. The van der Waals surface area contributed by atoms with Gasteiger partial charge in [0.2, 0.25) is 0 Å². The number of benzene rings is 2. The van der Waals surface area contributed by atoms with Crippen molar-refractivity contribution in [2.45, 2.75) is 36.4 Å². The van der Waals surface area contributed by atoms with E-state index in [9.17, 15) is 18.0 Å². The summed E-state index contributed by atoms with van der Waals surface area (Å²) in [5.41, 5.74) is 1.82. The van der Waals surface area contributed by atoms with Gasteiger partial charge in [0, 0.05) is 21.2 Å². The van der Waals surface area contributed by atoms with Crippen LogP contribution in [0.5, 0.6) is 5.75 Å². The van der Waals surface area contributed by atoms with Gasteiger partial charge in [-0.15, -0.1) is 23.1 Å². The molecule has 0 saturated carbocycles. The van der Waals surface area contributed by atoms with Gasteiger partial charge in [-0.25, -0.2) is 0 Å². The fraction of sp³-hybridized carbons (Fsp3) is 0.393. The molecule has 1 aliphatic heterocycles. The average Bonchev–Trinajstić information content (AvgIpc) is 3.28. The van der Waals surface area contributed by atoms with Gasteiger partial charge in [-0.2, -0.15) is 13.2 Å². The van der Waals surface area contributed by atoms with Gasteiger partial charge in [-0.05, 0) is 85.9 Å². The summed E-state index contributed by atoms with van der Waals surface area (Å²) < 4.78 is 45.7. The van der Waals surface area contributed by atoms with Crippen LogP contribution >= 0.6 is 23.1 Å². The monoisotopic (exact) mass is 561 g/mol. The summed E-state index contributed by atoms with van der Waals surface area (Å²) in [7, 11) is 3.64. The molecule has 0 bridgehead atoms. The molecule has 1 fully saturated rings. The first-order valence-corrected chi connectivity index (χ1v) is 14.3. The second kappa shape index (κ2) is 12.3. The molecule has 1 saturated heterocycles. The van der Waals surface area contributed by atoms with Crippen molar-refractivity contribution in [2.75, 3.05) is 45.4 Å². The fourth-order valence-corrected chi connectivity index (χ4v) is 5.92. The van der Waals surface area contributed by atoms with Gasteiger partial charge in [-0.3, -0.25) is 4.79 Å². The Bertz CT molecular complexity index is 1350. The smallest absolute Gasteiger partial charge is 0.393 e. The molecule has 202 valence electrons. The highest BCUT2D eigenvalue weighted by atomic mass is 32.2. The third-order valence-electron chi connectivity index (χ3n) is 6.45. The molecule has 0 unspecified atom stereocenters. The van der Waals surface area contributed by atoms with E-state index in [-0.39, 0.29) is 17.5 Å². The molecule has 3 aromatic rings. The van der Waals surface area contributed by atoms with Gasteiger partial charge < -0.3 is 20.3 Å². The molecule has 2 heterocycles. The Balaban J connectivity index is 1.59. The van der Waals surface area contributed by atoms with E-state index >= 15 is 0 Å². The van der Waals surface area contributed by atoms with Crippen LogP contribution in [0.15, 0.2) is 40.6 Å². The van der Waals surface area contributed by atoms with Crippen molar-refractivity contribution in [3.05, 3.63) is 52.4 Å². The van der Waals surface area contributed by atoms with Crippen LogP contribution in [0.3, 0.4) is 0 Å². The topological polar surface area (TPSA) is 53.6 Å². The van der Waals surface area contributed by atoms with Gasteiger partial charge in [0.1, 0.15) is 5.75 Å². The highest BCUT2D eigenvalue weighted by molar-refractivity contribution is 7.98. The molecular formula is C28H30F3N3O2S2. The molecule has 38 heavy (non-hydrogen) atoms. The second-order valence-corrected chi connectivity index (χ2v) is 11.0. The quantitative estimate of drug-likeness (QED) is 0.273. The summed E-state index contributed by atoms with van der Waals surface area (Å²) in [4.78, 5) is 16.6. The number of anilines is 1. The summed E-state index contributed by atoms with van der Waals surface area (Å²) >= 11 is 2.78.